The monoisotopic (exact) mass is 355 g/mol. The van der Waals surface area contributed by atoms with Crippen molar-refractivity contribution in [3.63, 3.8) is 0 Å². The first-order chi connectivity index (χ1) is 10.8. The summed E-state index contributed by atoms with van der Waals surface area (Å²) in [4.78, 5) is 20.1. The first-order valence-corrected chi connectivity index (χ1v) is 7.35. The van der Waals surface area contributed by atoms with Gasteiger partial charge in [0.2, 0.25) is 5.95 Å². The average Bonchev–Trinajstić information content (AvgIpc) is 2.48. The first kappa shape index (κ1) is 17.3. The maximum atomic E-state index is 12.0. The lowest BCUT2D eigenvalue weighted by Crippen LogP contribution is -2.33. The van der Waals surface area contributed by atoms with Crippen molar-refractivity contribution >= 4 is 35.1 Å². The van der Waals surface area contributed by atoms with E-state index < -0.39 is 12.0 Å². The number of amides is 1. The van der Waals surface area contributed by atoms with Gasteiger partial charge >= 0.3 is 0 Å². The van der Waals surface area contributed by atoms with Crippen LogP contribution >= 0.6 is 23.2 Å². The van der Waals surface area contributed by atoms with Gasteiger partial charge in [0.05, 0.1) is 22.0 Å². The lowest BCUT2D eigenvalue weighted by molar-refractivity contribution is 0.0946. The molecule has 0 saturated heterocycles. The van der Waals surface area contributed by atoms with Crippen LogP contribution < -0.4 is 21.7 Å². The highest BCUT2D eigenvalue weighted by atomic mass is 35.5. The second kappa shape index (κ2) is 6.99. The van der Waals surface area contributed by atoms with Crippen molar-refractivity contribution in [3.05, 3.63) is 45.2 Å². The molecule has 0 aliphatic rings. The molecule has 1 unspecified atom stereocenters. The molecule has 2 aromatic rings. The standard InChI is InChI=1S/C14H15Cl2N5O2/c1-6-11(13(22)21-18)12(20-14(17)19-6)7(2)23-10-4-3-8(15)5-9(10)16/h3-5,7H,18H2,1-2H3,(H,21,22)(H2,17,19,20). The first-order valence-electron chi connectivity index (χ1n) is 6.60. The number of hydrogen-bond donors (Lipinski definition) is 3. The summed E-state index contributed by atoms with van der Waals surface area (Å²) in [6.45, 7) is 3.34. The Labute approximate surface area is 142 Å². The SMILES string of the molecule is Cc1nc(N)nc(C(C)Oc2ccc(Cl)cc2Cl)c1C(=O)NN. The molecule has 0 bridgehead atoms. The minimum atomic E-state index is -0.620. The molecule has 2 rings (SSSR count). The average molecular weight is 356 g/mol. The summed E-state index contributed by atoms with van der Waals surface area (Å²) in [5.41, 5.74) is 8.64. The second-order valence-electron chi connectivity index (χ2n) is 4.74. The zero-order chi connectivity index (χ0) is 17.1. The minimum absolute atomic E-state index is 0.0312. The maximum Gasteiger partial charge on any atom is 0.269 e. The van der Waals surface area contributed by atoms with Crippen molar-refractivity contribution in [3.8, 4) is 5.75 Å². The Morgan fingerprint density at radius 3 is 2.65 bits per heavy atom. The zero-order valence-electron chi connectivity index (χ0n) is 12.4. The number of rotatable bonds is 4. The lowest BCUT2D eigenvalue weighted by atomic mass is 10.1. The molecule has 0 radical (unpaired) electrons. The highest BCUT2D eigenvalue weighted by molar-refractivity contribution is 6.35. The molecule has 0 spiro atoms. The number of halogens is 2. The van der Waals surface area contributed by atoms with Crippen LogP contribution in [-0.4, -0.2) is 15.9 Å². The van der Waals surface area contributed by atoms with Gasteiger partial charge in [0.25, 0.3) is 5.91 Å². The Morgan fingerprint density at radius 1 is 1.35 bits per heavy atom. The summed E-state index contributed by atoms with van der Waals surface area (Å²) in [6, 6.07) is 4.82. The van der Waals surface area contributed by atoms with Crippen molar-refractivity contribution < 1.29 is 9.53 Å². The van der Waals surface area contributed by atoms with E-state index in [-0.39, 0.29) is 11.5 Å². The van der Waals surface area contributed by atoms with Gasteiger partial charge in [-0.3, -0.25) is 10.2 Å². The number of carbonyl (C=O) groups excluding carboxylic acids is 1. The lowest BCUT2D eigenvalue weighted by Gasteiger charge is -2.19. The van der Waals surface area contributed by atoms with Gasteiger partial charge in [-0.2, -0.15) is 0 Å². The van der Waals surface area contributed by atoms with Crippen LogP contribution in [-0.2, 0) is 0 Å². The predicted octanol–water partition coefficient (Wildman–Crippen LogP) is 2.42. The quantitative estimate of drug-likeness (QED) is 0.440. The van der Waals surface area contributed by atoms with Crippen LogP contribution in [0.3, 0.4) is 0 Å². The third-order valence-electron chi connectivity index (χ3n) is 3.08. The minimum Gasteiger partial charge on any atom is -0.483 e. The van der Waals surface area contributed by atoms with Crippen molar-refractivity contribution in [1.82, 2.24) is 15.4 Å². The molecule has 1 amide bonds. The zero-order valence-corrected chi connectivity index (χ0v) is 13.9. The number of hydrazine groups is 1. The van der Waals surface area contributed by atoms with E-state index in [2.05, 4.69) is 15.4 Å². The van der Waals surface area contributed by atoms with E-state index in [1.165, 1.54) is 0 Å². The van der Waals surface area contributed by atoms with Crippen molar-refractivity contribution in [1.29, 1.82) is 0 Å². The number of ether oxygens (including phenoxy) is 1. The Kier molecular flexibility index (Phi) is 5.25. The van der Waals surface area contributed by atoms with E-state index >= 15 is 0 Å². The summed E-state index contributed by atoms with van der Waals surface area (Å²) >= 11 is 11.9. The second-order valence-corrected chi connectivity index (χ2v) is 5.58. The molecule has 1 heterocycles. The predicted molar refractivity (Wildman–Crippen MR) is 88.3 cm³/mol. The molecule has 0 aliphatic carbocycles. The van der Waals surface area contributed by atoms with Gasteiger partial charge in [0.15, 0.2) is 0 Å². The normalized spacial score (nSPS) is 11.9. The van der Waals surface area contributed by atoms with Crippen LogP contribution in [0.2, 0.25) is 10.0 Å². The van der Waals surface area contributed by atoms with E-state index in [9.17, 15) is 4.79 Å². The Bertz CT molecular complexity index is 754. The molecule has 5 N–H and O–H groups in total. The Morgan fingerprint density at radius 2 is 2.04 bits per heavy atom. The fourth-order valence-electron chi connectivity index (χ4n) is 2.08. The number of carbonyl (C=O) groups is 1. The molecular weight excluding hydrogens is 341 g/mol. The fraction of sp³-hybridized carbons (Fsp3) is 0.214. The maximum absolute atomic E-state index is 12.0. The summed E-state index contributed by atoms with van der Waals surface area (Å²) < 4.78 is 5.77. The van der Waals surface area contributed by atoms with E-state index in [0.29, 0.717) is 27.2 Å². The summed E-state index contributed by atoms with van der Waals surface area (Å²) in [6.07, 6.45) is -0.620. The van der Waals surface area contributed by atoms with Crippen LogP contribution in [0.4, 0.5) is 5.95 Å². The molecule has 23 heavy (non-hydrogen) atoms. The number of benzene rings is 1. The van der Waals surface area contributed by atoms with Crippen molar-refractivity contribution in [2.24, 2.45) is 5.84 Å². The number of nitrogens with one attached hydrogen (secondary N) is 1. The summed E-state index contributed by atoms with van der Waals surface area (Å²) in [7, 11) is 0. The largest absolute Gasteiger partial charge is 0.483 e. The number of nitrogens with two attached hydrogens (primary N) is 2. The number of nitrogen functional groups attached to an aromatic ring is 2. The Hall–Kier alpha value is -2.09. The van der Waals surface area contributed by atoms with E-state index in [1.807, 2.05) is 0 Å². The van der Waals surface area contributed by atoms with Gasteiger partial charge in [-0.25, -0.2) is 15.8 Å². The molecule has 7 nitrogen and oxygen atoms in total. The molecule has 1 atom stereocenters. The van der Waals surface area contributed by atoms with Crippen molar-refractivity contribution in [2.75, 3.05) is 5.73 Å². The third-order valence-corrected chi connectivity index (χ3v) is 3.61. The Balaban J connectivity index is 2.42. The van der Waals surface area contributed by atoms with Gasteiger partial charge in [-0.05, 0) is 32.0 Å². The molecule has 0 fully saturated rings. The van der Waals surface area contributed by atoms with Crippen LogP contribution in [0.1, 0.15) is 34.8 Å². The number of hydrogen-bond acceptors (Lipinski definition) is 6. The van der Waals surface area contributed by atoms with Gasteiger partial charge in [0, 0.05) is 5.02 Å². The number of anilines is 1. The van der Waals surface area contributed by atoms with Crippen LogP contribution in [0, 0.1) is 6.92 Å². The topological polar surface area (TPSA) is 116 Å². The smallest absolute Gasteiger partial charge is 0.269 e. The van der Waals surface area contributed by atoms with E-state index in [4.69, 9.17) is 39.5 Å². The third kappa shape index (κ3) is 3.82. The van der Waals surface area contributed by atoms with E-state index in [0.717, 1.165) is 0 Å². The van der Waals surface area contributed by atoms with Crippen LogP contribution in [0.5, 0.6) is 5.75 Å². The van der Waals surface area contributed by atoms with Gasteiger partial charge in [-0.1, -0.05) is 23.2 Å². The van der Waals surface area contributed by atoms with Crippen molar-refractivity contribution in [2.45, 2.75) is 20.0 Å². The molecule has 1 aromatic carbocycles. The summed E-state index contributed by atoms with van der Waals surface area (Å²) in [5.74, 6) is 5.11. The molecule has 122 valence electrons. The highest BCUT2D eigenvalue weighted by Crippen LogP contribution is 2.32. The molecule has 1 aromatic heterocycles. The van der Waals surface area contributed by atoms with Crippen LogP contribution in [0.25, 0.3) is 0 Å². The molecule has 0 aliphatic heterocycles. The highest BCUT2D eigenvalue weighted by Gasteiger charge is 2.23. The van der Waals surface area contributed by atoms with E-state index in [1.54, 1.807) is 32.0 Å². The van der Waals surface area contributed by atoms with Crippen LogP contribution in [0.15, 0.2) is 18.2 Å². The van der Waals surface area contributed by atoms with Gasteiger partial charge < -0.3 is 10.5 Å². The molecule has 0 saturated carbocycles. The van der Waals surface area contributed by atoms with Gasteiger partial charge in [0.1, 0.15) is 11.9 Å². The number of aryl methyl sites for hydroxylation is 1. The van der Waals surface area contributed by atoms with Gasteiger partial charge in [-0.15, -0.1) is 0 Å². The number of nitrogens with zero attached hydrogens (tertiary/aromatic N) is 2. The fourth-order valence-corrected chi connectivity index (χ4v) is 2.53. The molecule has 9 heteroatoms. The number of aromatic nitrogens is 2. The molecular formula is C14H15Cl2N5O2. The summed E-state index contributed by atoms with van der Waals surface area (Å²) in [5, 5.41) is 0.827.